The summed E-state index contributed by atoms with van der Waals surface area (Å²) in [7, 11) is 0. The first kappa shape index (κ1) is 14.5. The zero-order chi connectivity index (χ0) is 14.0. The Labute approximate surface area is 123 Å². The van der Waals surface area contributed by atoms with E-state index in [0.29, 0.717) is 5.92 Å². The Bertz CT molecular complexity index is 456. The fraction of sp³-hybridized carbons (Fsp3) is 0.533. The van der Waals surface area contributed by atoms with Gasteiger partial charge in [-0.05, 0) is 43.4 Å². The summed E-state index contributed by atoms with van der Waals surface area (Å²) in [6.45, 7) is 5.64. The molecule has 104 valence electrons. The van der Waals surface area contributed by atoms with Crippen LogP contribution in [0.5, 0.6) is 0 Å². The Morgan fingerprint density at radius 3 is 2.63 bits per heavy atom. The van der Waals surface area contributed by atoms with Gasteiger partial charge in [-0.3, -0.25) is 4.79 Å². The van der Waals surface area contributed by atoms with Gasteiger partial charge in [-0.1, -0.05) is 35.0 Å². The Balaban J connectivity index is 2.18. The molecule has 2 N–H and O–H groups in total. The third-order valence-corrected chi connectivity index (χ3v) is 4.36. The van der Waals surface area contributed by atoms with Gasteiger partial charge in [0.15, 0.2) is 0 Å². The molecule has 1 amide bonds. The minimum atomic E-state index is -0.947. The highest BCUT2D eigenvalue weighted by atomic mass is 79.9. The first-order valence-corrected chi connectivity index (χ1v) is 7.55. The summed E-state index contributed by atoms with van der Waals surface area (Å²) >= 11 is 3.40. The van der Waals surface area contributed by atoms with E-state index in [-0.39, 0.29) is 5.91 Å². The summed E-state index contributed by atoms with van der Waals surface area (Å²) in [6, 6.07) is 7.67. The van der Waals surface area contributed by atoms with Gasteiger partial charge in [0.2, 0.25) is 5.91 Å². The number of carbonyl (C=O) groups excluding carboxylic acids is 1. The molecular weight excluding hydrogens is 304 g/mol. The molecule has 2 atom stereocenters. The molecule has 0 aromatic heterocycles. The van der Waals surface area contributed by atoms with E-state index in [0.717, 1.165) is 29.5 Å². The molecule has 1 aromatic rings. The average Bonchev–Trinajstić information content (AvgIpc) is 2.38. The fourth-order valence-corrected chi connectivity index (χ4v) is 2.89. The van der Waals surface area contributed by atoms with E-state index in [1.165, 1.54) is 6.42 Å². The monoisotopic (exact) mass is 324 g/mol. The maximum atomic E-state index is 12.6. The van der Waals surface area contributed by atoms with Crippen LogP contribution < -0.4 is 5.73 Å². The predicted octanol–water partition coefficient (Wildman–Crippen LogP) is 2.88. The normalized spacial score (nSPS) is 22.9. The van der Waals surface area contributed by atoms with Crippen molar-refractivity contribution in [2.45, 2.75) is 32.2 Å². The summed E-state index contributed by atoms with van der Waals surface area (Å²) in [5.74, 6) is 0.597. The highest BCUT2D eigenvalue weighted by Crippen LogP contribution is 2.25. The number of rotatable bonds is 2. The molecule has 1 fully saturated rings. The second kappa shape index (κ2) is 5.63. The highest BCUT2D eigenvalue weighted by molar-refractivity contribution is 9.10. The molecule has 1 aliphatic rings. The SMILES string of the molecule is CC1CCCN(C(=O)C(C)(N)c2ccc(Br)cc2)C1. The van der Waals surface area contributed by atoms with E-state index in [1.807, 2.05) is 29.2 Å². The standard InChI is InChI=1S/C15H21BrN2O/c1-11-4-3-9-18(10-11)14(19)15(2,17)12-5-7-13(16)8-6-12/h5-8,11H,3-4,9-10,17H2,1-2H3. The highest BCUT2D eigenvalue weighted by Gasteiger charge is 2.35. The molecule has 2 rings (SSSR count). The van der Waals surface area contributed by atoms with Gasteiger partial charge in [-0.25, -0.2) is 0 Å². The van der Waals surface area contributed by atoms with Gasteiger partial charge in [0, 0.05) is 17.6 Å². The van der Waals surface area contributed by atoms with Crippen LogP contribution in [0.15, 0.2) is 28.7 Å². The smallest absolute Gasteiger partial charge is 0.246 e. The largest absolute Gasteiger partial charge is 0.341 e. The molecule has 19 heavy (non-hydrogen) atoms. The maximum absolute atomic E-state index is 12.6. The first-order chi connectivity index (χ1) is 8.91. The fourth-order valence-electron chi connectivity index (χ4n) is 2.62. The lowest BCUT2D eigenvalue weighted by Gasteiger charge is -2.36. The molecule has 3 nitrogen and oxygen atoms in total. The van der Waals surface area contributed by atoms with E-state index in [1.54, 1.807) is 6.92 Å². The van der Waals surface area contributed by atoms with Gasteiger partial charge < -0.3 is 10.6 Å². The van der Waals surface area contributed by atoms with Gasteiger partial charge in [-0.15, -0.1) is 0 Å². The summed E-state index contributed by atoms with van der Waals surface area (Å²) in [4.78, 5) is 14.6. The quantitative estimate of drug-likeness (QED) is 0.909. The number of halogens is 1. The molecule has 0 spiro atoms. The molecule has 0 saturated carbocycles. The van der Waals surface area contributed by atoms with Crippen LogP contribution in [0.25, 0.3) is 0 Å². The molecule has 1 heterocycles. The van der Waals surface area contributed by atoms with Gasteiger partial charge in [0.25, 0.3) is 0 Å². The van der Waals surface area contributed by atoms with Crippen LogP contribution in [-0.4, -0.2) is 23.9 Å². The number of nitrogens with two attached hydrogens (primary N) is 1. The van der Waals surface area contributed by atoms with Crippen LogP contribution in [0.2, 0.25) is 0 Å². The van der Waals surface area contributed by atoms with Crippen molar-refractivity contribution in [3.63, 3.8) is 0 Å². The average molecular weight is 325 g/mol. The van der Waals surface area contributed by atoms with Gasteiger partial charge >= 0.3 is 0 Å². The molecule has 1 aliphatic heterocycles. The minimum absolute atomic E-state index is 0.0290. The minimum Gasteiger partial charge on any atom is -0.341 e. The Morgan fingerprint density at radius 2 is 2.05 bits per heavy atom. The van der Waals surface area contributed by atoms with E-state index < -0.39 is 5.54 Å². The molecule has 0 bridgehead atoms. The second-order valence-corrected chi connectivity index (χ2v) is 6.62. The summed E-state index contributed by atoms with van der Waals surface area (Å²) in [5, 5.41) is 0. The first-order valence-electron chi connectivity index (χ1n) is 6.75. The van der Waals surface area contributed by atoms with Crippen molar-refractivity contribution in [2.24, 2.45) is 11.7 Å². The topological polar surface area (TPSA) is 46.3 Å². The molecule has 4 heteroatoms. The van der Waals surface area contributed by atoms with E-state index in [9.17, 15) is 4.79 Å². The lowest BCUT2D eigenvalue weighted by atomic mass is 9.90. The van der Waals surface area contributed by atoms with Gasteiger partial charge in [-0.2, -0.15) is 0 Å². The van der Waals surface area contributed by atoms with Crippen molar-refractivity contribution < 1.29 is 4.79 Å². The number of benzene rings is 1. The van der Waals surface area contributed by atoms with Crippen molar-refractivity contribution in [1.82, 2.24) is 4.90 Å². The molecular formula is C15H21BrN2O. The van der Waals surface area contributed by atoms with Crippen LogP contribution in [0.3, 0.4) is 0 Å². The zero-order valence-corrected chi connectivity index (χ0v) is 13.1. The van der Waals surface area contributed by atoms with E-state index in [4.69, 9.17) is 5.73 Å². The number of hydrogen-bond acceptors (Lipinski definition) is 2. The lowest BCUT2D eigenvalue weighted by Crippen LogP contribution is -2.53. The zero-order valence-electron chi connectivity index (χ0n) is 11.5. The Hall–Kier alpha value is -0.870. The second-order valence-electron chi connectivity index (χ2n) is 5.71. The summed E-state index contributed by atoms with van der Waals surface area (Å²) in [5.41, 5.74) is 6.21. The van der Waals surface area contributed by atoms with Crippen LogP contribution in [0.1, 0.15) is 32.3 Å². The Kier molecular flexibility index (Phi) is 4.31. The van der Waals surface area contributed by atoms with Gasteiger partial charge in [0.1, 0.15) is 5.54 Å². The third-order valence-electron chi connectivity index (χ3n) is 3.83. The van der Waals surface area contributed by atoms with Crippen LogP contribution in [-0.2, 0) is 10.3 Å². The predicted molar refractivity (Wildman–Crippen MR) is 80.7 cm³/mol. The Morgan fingerprint density at radius 1 is 1.42 bits per heavy atom. The van der Waals surface area contributed by atoms with Crippen LogP contribution in [0, 0.1) is 5.92 Å². The summed E-state index contributed by atoms with van der Waals surface area (Å²) in [6.07, 6.45) is 2.27. The number of amides is 1. The number of nitrogens with zero attached hydrogens (tertiary/aromatic N) is 1. The molecule has 1 aromatic carbocycles. The van der Waals surface area contributed by atoms with Crippen molar-refractivity contribution in [1.29, 1.82) is 0 Å². The van der Waals surface area contributed by atoms with Gasteiger partial charge in [0.05, 0.1) is 0 Å². The maximum Gasteiger partial charge on any atom is 0.246 e. The molecule has 0 aliphatic carbocycles. The molecule has 1 saturated heterocycles. The van der Waals surface area contributed by atoms with Crippen molar-refractivity contribution in [3.8, 4) is 0 Å². The lowest BCUT2D eigenvalue weighted by molar-refractivity contribution is -0.138. The van der Waals surface area contributed by atoms with E-state index in [2.05, 4.69) is 22.9 Å². The number of likely N-dealkylation sites (tertiary alicyclic amines) is 1. The number of hydrogen-bond donors (Lipinski definition) is 1. The van der Waals surface area contributed by atoms with Crippen molar-refractivity contribution >= 4 is 21.8 Å². The van der Waals surface area contributed by atoms with Crippen molar-refractivity contribution in [3.05, 3.63) is 34.3 Å². The molecule has 0 radical (unpaired) electrons. The number of carbonyl (C=O) groups is 1. The van der Waals surface area contributed by atoms with Crippen LogP contribution in [0.4, 0.5) is 0 Å². The summed E-state index contributed by atoms with van der Waals surface area (Å²) < 4.78 is 0.992. The molecule has 2 unspecified atom stereocenters. The van der Waals surface area contributed by atoms with E-state index >= 15 is 0 Å². The third kappa shape index (κ3) is 3.18. The van der Waals surface area contributed by atoms with Crippen molar-refractivity contribution in [2.75, 3.05) is 13.1 Å². The number of piperidine rings is 1. The van der Waals surface area contributed by atoms with Crippen LogP contribution >= 0.6 is 15.9 Å².